The van der Waals surface area contributed by atoms with E-state index in [-0.39, 0.29) is 5.25 Å². The summed E-state index contributed by atoms with van der Waals surface area (Å²) >= 11 is 0. The second-order valence-electron chi connectivity index (χ2n) is 5.45. The van der Waals surface area contributed by atoms with Crippen LogP contribution >= 0.6 is 0 Å². The van der Waals surface area contributed by atoms with Crippen LogP contribution in [0, 0.1) is 6.92 Å². The number of para-hydroxylation sites is 1. The lowest BCUT2D eigenvalue weighted by Gasteiger charge is -2.28. The van der Waals surface area contributed by atoms with E-state index in [0.29, 0.717) is 19.5 Å². The number of hydrogen-bond acceptors (Lipinski definition) is 3. The largest absolute Gasteiger partial charge is 0.330 e. The van der Waals surface area contributed by atoms with Gasteiger partial charge in [-0.25, -0.2) is 8.42 Å². The van der Waals surface area contributed by atoms with Gasteiger partial charge in [-0.3, -0.25) is 4.31 Å². The highest BCUT2D eigenvalue weighted by Crippen LogP contribution is 2.31. The van der Waals surface area contributed by atoms with Crippen LogP contribution in [-0.2, 0) is 10.0 Å². The van der Waals surface area contributed by atoms with Gasteiger partial charge in [0.25, 0.3) is 0 Å². The average molecular weight is 296 g/mol. The minimum atomic E-state index is -3.27. The van der Waals surface area contributed by atoms with Gasteiger partial charge in [0.05, 0.1) is 10.9 Å². The molecule has 1 saturated carbocycles. The molecule has 5 heteroatoms. The Hall–Kier alpha value is -1.07. The molecule has 4 nitrogen and oxygen atoms in total. The van der Waals surface area contributed by atoms with Crippen molar-refractivity contribution in [2.24, 2.45) is 5.73 Å². The van der Waals surface area contributed by atoms with Gasteiger partial charge in [0.1, 0.15) is 0 Å². The second-order valence-corrected chi connectivity index (χ2v) is 7.59. The van der Waals surface area contributed by atoms with Crippen molar-refractivity contribution in [3.63, 3.8) is 0 Å². The van der Waals surface area contributed by atoms with Gasteiger partial charge in [0.2, 0.25) is 10.0 Å². The first-order chi connectivity index (χ1) is 9.57. The summed E-state index contributed by atoms with van der Waals surface area (Å²) in [5.74, 6) is 0. The van der Waals surface area contributed by atoms with Crippen molar-refractivity contribution >= 4 is 15.7 Å². The van der Waals surface area contributed by atoms with E-state index in [0.717, 1.165) is 36.9 Å². The van der Waals surface area contributed by atoms with E-state index in [9.17, 15) is 8.42 Å². The van der Waals surface area contributed by atoms with Crippen molar-refractivity contribution in [2.45, 2.75) is 44.3 Å². The Balaban J connectivity index is 2.34. The van der Waals surface area contributed by atoms with E-state index in [1.165, 1.54) is 0 Å². The molecule has 0 amide bonds. The quantitative estimate of drug-likeness (QED) is 0.877. The van der Waals surface area contributed by atoms with E-state index in [4.69, 9.17) is 5.73 Å². The third-order valence-corrected chi connectivity index (χ3v) is 6.29. The Morgan fingerprint density at radius 1 is 1.25 bits per heavy atom. The van der Waals surface area contributed by atoms with Gasteiger partial charge in [-0.2, -0.15) is 0 Å². The molecule has 0 spiro atoms. The maximum Gasteiger partial charge on any atom is 0.238 e. The van der Waals surface area contributed by atoms with Gasteiger partial charge in [-0.15, -0.1) is 0 Å². The number of hydrogen-bond donors (Lipinski definition) is 1. The lowest BCUT2D eigenvalue weighted by Crippen LogP contribution is -2.39. The van der Waals surface area contributed by atoms with Gasteiger partial charge >= 0.3 is 0 Å². The summed E-state index contributed by atoms with van der Waals surface area (Å²) < 4.78 is 27.3. The monoisotopic (exact) mass is 296 g/mol. The van der Waals surface area contributed by atoms with Crippen LogP contribution in [0.5, 0.6) is 0 Å². The predicted molar refractivity (Wildman–Crippen MR) is 83.4 cm³/mol. The first kappa shape index (κ1) is 15.3. The highest BCUT2D eigenvalue weighted by Gasteiger charge is 2.34. The fraction of sp³-hybridized carbons (Fsp3) is 0.600. The predicted octanol–water partition coefficient (Wildman–Crippen LogP) is 2.42. The highest BCUT2D eigenvalue weighted by atomic mass is 32.2. The third kappa shape index (κ3) is 3.15. The molecule has 1 aliphatic rings. The smallest absolute Gasteiger partial charge is 0.238 e. The fourth-order valence-electron chi connectivity index (χ4n) is 2.83. The number of rotatable bonds is 6. The van der Waals surface area contributed by atoms with E-state index in [2.05, 4.69) is 0 Å². The lowest BCUT2D eigenvalue weighted by atomic mass is 10.2. The zero-order valence-corrected chi connectivity index (χ0v) is 12.9. The standard InChI is InChI=1S/C15H24N2O2S/c1-13-7-2-5-10-15(13)17(12-6-11-16)20(18,19)14-8-3-4-9-14/h2,5,7,10,14H,3-4,6,8-9,11-12,16H2,1H3. The Labute approximate surface area is 122 Å². The molecule has 2 N–H and O–H groups in total. The van der Waals surface area contributed by atoms with E-state index in [1.54, 1.807) is 4.31 Å². The second kappa shape index (κ2) is 6.59. The molecule has 1 aromatic rings. The van der Waals surface area contributed by atoms with Crippen LogP contribution in [-0.4, -0.2) is 26.8 Å². The van der Waals surface area contributed by atoms with Crippen molar-refractivity contribution in [3.8, 4) is 0 Å². The average Bonchev–Trinajstić information content (AvgIpc) is 2.95. The number of anilines is 1. The topological polar surface area (TPSA) is 63.4 Å². The maximum atomic E-state index is 12.9. The first-order valence-electron chi connectivity index (χ1n) is 7.34. The number of benzene rings is 1. The summed E-state index contributed by atoms with van der Waals surface area (Å²) in [7, 11) is -3.27. The Morgan fingerprint density at radius 3 is 2.50 bits per heavy atom. The van der Waals surface area contributed by atoms with Crippen molar-refractivity contribution in [2.75, 3.05) is 17.4 Å². The summed E-state index contributed by atoms with van der Waals surface area (Å²) in [4.78, 5) is 0. The molecule has 1 aliphatic carbocycles. The summed E-state index contributed by atoms with van der Waals surface area (Å²) in [5.41, 5.74) is 7.36. The molecule has 1 fully saturated rings. The Kier molecular flexibility index (Phi) is 5.05. The summed E-state index contributed by atoms with van der Waals surface area (Å²) in [6.07, 6.45) is 4.28. The SMILES string of the molecule is Cc1ccccc1N(CCCN)S(=O)(=O)C1CCCC1. The molecule has 0 aliphatic heterocycles. The van der Waals surface area contributed by atoms with Gasteiger partial charge in [-0.1, -0.05) is 31.0 Å². The van der Waals surface area contributed by atoms with Crippen LogP contribution in [0.15, 0.2) is 24.3 Å². The molecular weight excluding hydrogens is 272 g/mol. The van der Waals surface area contributed by atoms with Crippen LogP contribution in [0.25, 0.3) is 0 Å². The molecule has 0 saturated heterocycles. The zero-order chi connectivity index (χ0) is 14.6. The van der Waals surface area contributed by atoms with Crippen molar-refractivity contribution in [1.29, 1.82) is 0 Å². The molecule has 20 heavy (non-hydrogen) atoms. The molecular formula is C15H24N2O2S. The molecule has 0 radical (unpaired) electrons. The van der Waals surface area contributed by atoms with Crippen LogP contribution in [0.2, 0.25) is 0 Å². The maximum absolute atomic E-state index is 12.9. The van der Waals surface area contributed by atoms with Gasteiger partial charge in [0.15, 0.2) is 0 Å². The minimum absolute atomic E-state index is 0.222. The van der Waals surface area contributed by atoms with Crippen LogP contribution in [0.3, 0.4) is 0 Å². The summed E-state index contributed by atoms with van der Waals surface area (Å²) in [6, 6.07) is 7.66. The molecule has 0 unspecified atom stereocenters. The summed E-state index contributed by atoms with van der Waals surface area (Å²) in [6.45, 7) is 2.93. The van der Waals surface area contributed by atoms with Crippen LogP contribution < -0.4 is 10.0 Å². The van der Waals surface area contributed by atoms with E-state index < -0.39 is 10.0 Å². The number of nitrogens with zero attached hydrogens (tertiary/aromatic N) is 1. The summed E-state index contributed by atoms with van der Waals surface area (Å²) in [5, 5.41) is -0.222. The van der Waals surface area contributed by atoms with Crippen LogP contribution in [0.4, 0.5) is 5.69 Å². The lowest BCUT2D eigenvalue weighted by molar-refractivity contribution is 0.573. The third-order valence-electron chi connectivity index (χ3n) is 3.98. The fourth-order valence-corrected chi connectivity index (χ4v) is 4.98. The minimum Gasteiger partial charge on any atom is -0.330 e. The molecule has 0 aromatic heterocycles. The van der Waals surface area contributed by atoms with Gasteiger partial charge < -0.3 is 5.73 Å². The molecule has 0 atom stereocenters. The highest BCUT2D eigenvalue weighted by molar-refractivity contribution is 7.93. The molecule has 2 rings (SSSR count). The first-order valence-corrected chi connectivity index (χ1v) is 8.85. The number of sulfonamides is 1. The number of nitrogens with two attached hydrogens (primary N) is 1. The zero-order valence-electron chi connectivity index (χ0n) is 12.1. The van der Waals surface area contributed by atoms with Gasteiger partial charge in [-0.05, 0) is 44.4 Å². The van der Waals surface area contributed by atoms with Gasteiger partial charge in [0, 0.05) is 6.54 Å². The van der Waals surface area contributed by atoms with E-state index >= 15 is 0 Å². The molecule has 0 bridgehead atoms. The Morgan fingerprint density at radius 2 is 1.90 bits per heavy atom. The van der Waals surface area contributed by atoms with Crippen molar-refractivity contribution < 1.29 is 8.42 Å². The number of aryl methyl sites for hydroxylation is 1. The van der Waals surface area contributed by atoms with Crippen molar-refractivity contribution in [1.82, 2.24) is 0 Å². The molecule has 0 heterocycles. The Bertz CT molecular complexity index is 537. The molecule has 112 valence electrons. The van der Waals surface area contributed by atoms with Crippen LogP contribution in [0.1, 0.15) is 37.7 Å². The molecule has 1 aromatic carbocycles. The van der Waals surface area contributed by atoms with E-state index in [1.807, 2.05) is 31.2 Å². The normalized spacial score (nSPS) is 16.5. The van der Waals surface area contributed by atoms with Crippen molar-refractivity contribution in [3.05, 3.63) is 29.8 Å².